The Morgan fingerprint density at radius 3 is 2.96 bits per heavy atom. The zero-order valence-corrected chi connectivity index (χ0v) is 15.5. The topological polar surface area (TPSA) is 116 Å². The number of rotatable bonds is 4. The highest BCUT2D eigenvalue weighted by Crippen LogP contribution is 2.20. The second-order valence-corrected chi connectivity index (χ2v) is 7.18. The van der Waals surface area contributed by atoms with Gasteiger partial charge in [-0.15, -0.1) is 5.10 Å². The van der Waals surface area contributed by atoms with Crippen molar-refractivity contribution in [1.29, 1.82) is 0 Å². The summed E-state index contributed by atoms with van der Waals surface area (Å²) >= 11 is 7.22. The molecular formula is C15H12ClN7O3S. The molecule has 138 valence electrons. The molecule has 0 aliphatic rings. The Bertz CT molecular complexity index is 1300. The van der Waals surface area contributed by atoms with Gasteiger partial charge in [-0.05, 0) is 18.2 Å². The minimum absolute atomic E-state index is 0.00401. The van der Waals surface area contributed by atoms with E-state index in [0.717, 1.165) is 13.8 Å². The number of aromatic nitrogens is 6. The zero-order chi connectivity index (χ0) is 19.1. The second kappa shape index (κ2) is 6.59. The average Bonchev–Trinajstić information content (AvgIpc) is 3.21. The van der Waals surface area contributed by atoms with Crippen molar-refractivity contribution in [2.75, 3.05) is 6.54 Å². The number of halogens is 1. The molecule has 0 saturated heterocycles. The molecule has 1 aromatic carbocycles. The van der Waals surface area contributed by atoms with Crippen LogP contribution >= 0.6 is 23.1 Å². The van der Waals surface area contributed by atoms with Crippen LogP contribution in [-0.2, 0) is 13.6 Å². The van der Waals surface area contributed by atoms with E-state index >= 15 is 0 Å². The van der Waals surface area contributed by atoms with Crippen LogP contribution in [0.15, 0.2) is 34.1 Å². The number of carbonyl (C=O) groups excluding carboxylic acids is 1. The van der Waals surface area contributed by atoms with Gasteiger partial charge in [0.05, 0.1) is 16.6 Å². The van der Waals surface area contributed by atoms with Crippen molar-refractivity contribution in [2.45, 2.75) is 6.54 Å². The minimum atomic E-state index is -0.503. The van der Waals surface area contributed by atoms with E-state index in [0.29, 0.717) is 17.0 Å². The number of nitrogens with one attached hydrogen (secondary N) is 1. The van der Waals surface area contributed by atoms with E-state index in [1.165, 1.54) is 24.9 Å². The van der Waals surface area contributed by atoms with Crippen LogP contribution in [0.4, 0.5) is 0 Å². The highest BCUT2D eigenvalue weighted by molar-refractivity contribution is 7.13. The third kappa shape index (κ3) is 3.00. The van der Waals surface area contributed by atoms with Gasteiger partial charge >= 0.3 is 5.69 Å². The van der Waals surface area contributed by atoms with Crippen molar-refractivity contribution in [1.82, 2.24) is 33.7 Å². The quantitative estimate of drug-likeness (QED) is 0.521. The Balaban J connectivity index is 1.51. The van der Waals surface area contributed by atoms with Crippen LogP contribution < -0.4 is 16.6 Å². The number of imidazole rings is 1. The summed E-state index contributed by atoms with van der Waals surface area (Å²) in [6.45, 7) is 0.497. The highest BCUT2D eigenvalue weighted by atomic mass is 35.5. The Kier molecular flexibility index (Phi) is 4.24. The Morgan fingerprint density at radius 1 is 1.33 bits per heavy atom. The van der Waals surface area contributed by atoms with Gasteiger partial charge in [-0.2, -0.15) is 4.68 Å². The largest absolute Gasteiger partial charge is 0.352 e. The standard InChI is InChI=1S/C15H12ClN7O3S/c1-21-15(26)22-7-18-11(12(22)19-20-21)13(24)17-4-5-23-14(25)9-6-8(16)2-3-10(9)27-23/h2-3,6-7H,4-5H2,1H3,(H,17,24). The Labute approximate surface area is 159 Å². The third-order valence-electron chi connectivity index (χ3n) is 3.92. The second-order valence-electron chi connectivity index (χ2n) is 5.68. The fourth-order valence-corrected chi connectivity index (χ4v) is 3.73. The van der Waals surface area contributed by atoms with Gasteiger partial charge < -0.3 is 5.32 Å². The molecule has 0 spiro atoms. The van der Waals surface area contributed by atoms with E-state index in [2.05, 4.69) is 20.6 Å². The molecule has 0 atom stereocenters. The van der Waals surface area contributed by atoms with Gasteiger partial charge in [0.1, 0.15) is 6.33 Å². The normalized spacial score (nSPS) is 11.3. The first-order valence-corrected chi connectivity index (χ1v) is 8.95. The molecule has 4 rings (SSSR count). The number of nitrogens with zero attached hydrogens (tertiary/aromatic N) is 6. The molecule has 10 nitrogen and oxygen atoms in total. The summed E-state index contributed by atoms with van der Waals surface area (Å²) in [7, 11) is 1.45. The molecule has 1 amide bonds. The Morgan fingerprint density at radius 2 is 2.15 bits per heavy atom. The lowest BCUT2D eigenvalue weighted by Gasteiger charge is -2.03. The summed E-state index contributed by atoms with van der Waals surface area (Å²) < 4.78 is 4.54. The van der Waals surface area contributed by atoms with Crippen molar-refractivity contribution >= 4 is 44.8 Å². The van der Waals surface area contributed by atoms with Crippen molar-refractivity contribution in [3.63, 3.8) is 0 Å². The number of hydrogen-bond acceptors (Lipinski definition) is 7. The summed E-state index contributed by atoms with van der Waals surface area (Å²) in [5, 5.41) is 11.2. The van der Waals surface area contributed by atoms with Gasteiger partial charge in [0.25, 0.3) is 11.5 Å². The lowest BCUT2D eigenvalue weighted by atomic mass is 10.3. The molecule has 4 aromatic rings. The SMILES string of the molecule is Cn1nnc2c(C(=O)NCCn3sc4ccc(Cl)cc4c3=O)ncn2c1=O. The molecular weight excluding hydrogens is 394 g/mol. The van der Waals surface area contributed by atoms with E-state index < -0.39 is 11.6 Å². The molecule has 0 saturated carbocycles. The van der Waals surface area contributed by atoms with Crippen LogP contribution in [0.2, 0.25) is 5.02 Å². The van der Waals surface area contributed by atoms with Crippen molar-refractivity contribution in [2.24, 2.45) is 7.05 Å². The Hall–Kier alpha value is -3.05. The molecule has 1 N–H and O–H groups in total. The fourth-order valence-electron chi connectivity index (χ4n) is 2.59. The summed E-state index contributed by atoms with van der Waals surface area (Å²) in [5.41, 5.74) is -0.546. The van der Waals surface area contributed by atoms with Crippen LogP contribution in [0.25, 0.3) is 15.7 Å². The van der Waals surface area contributed by atoms with E-state index in [-0.39, 0.29) is 23.4 Å². The highest BCUT2D eigenvalue weighted by Gasteiger charge is 2.17. The molecule has 0 bridgehead atoms. The van der Waals surface area contributed by atoms with Gasteiger partial charge in [-0.3, -0.25) is 13.5 Å². The number of carbonyl (C=O) groups is 1. The van der Waals surface area contributed by atoms with Gasteiger partial charge in [-0.1, -0.05) is 28.3 Å². The maximum atomic E-state index is 12.4. The summed E-state index contributed by atoms with van der Waals surface area (Å²) in [6.07, 6.45) is 1.22. The van der Waals surface area contributed by atoms with Crippen LogP contribution in [0.1, 0.15) is 10.5 Å². The number of fused-ring (bicyclic) bond motifs is 2. The number of aryl methyl sites for hydroxylation is 1. The maximum Gasteiger partial charge on any atom is 0.352 e. The predicted molar refractivity (Wildman–Crippen MR) is 99.5 cm³/mol. The minimum Gasteiger partial charge on any atom is -0.349 e. The first-order valence-electron chi connectivity index (χ1n) is 7.80. The van der Waals surface area contributed by atoms with Gasteiger partial charge in [0, 0.05) is 18.6 Å². The smallest absolute Gasteiger partial charge is 0.349 e. The van der Waals surface area contributed by atoms with E-state index in [9.17, 15) is 14.4 Å². The van der Waals surface area contributed by atoms with Crippen LogP contribution in [-0.4, -0.2) is 40.8 Å². The molecule has 3 aromatic heterocycles. The molecule has 0 fully saturated rings. The van der Waals surface area contributed by atoms with Crippen molar-refractivity contribution in [3.05, 3.63) is 56.1 Å². The molecule has 27 heavy (non-hydrogen) atoms. The van der Waals surface area contributed by atoms with Gasteiger partial charge in [0.2, 0.25) is 0 Å². The van der Waals surface area contributed by atoms with Gasteiger partial charge in [0.15, 0.2) is 11.3 Å². The fraction of sp³-hybridized carbons (Fsp3) is 0.200. The summed E-state index contributed by atoms with van der Waals surface area (Å²) in [4.78, 5) is 40.6. The first-order chi connectivity index (χ1) is 13.0. The van der Waals surface area contributed by atoms with Crippen LogP contribution in [0.5, 0.6) is 0 Å². The molecule has 0 radical (unpaired) electrons. The van der Waals surface area contributed by atoms with E-state index in [4.69, 9.17) is 11.6 Å². The number of amides is 1. The van der Waals surface area contributed by atoms with E-state index in [1.807, 2.05) is 0 Å². The maximum absolute atomic E-state index is 12.4. The van der Waals surface area contributed by atoms with Gasteiger partial charge in [-0.25, -0.2) is 14.2 Å². The predicted octanol–water partition coefficient (Wildman–Crippen LogP) is 0.283. The number of hydrogen-bond donors (Lipinski definition) is 1. The van der Waals surface area contributed by atoms with Crippen LogP contribution in [0.3, 0.4) is 0 Å². The molecule has 0 unspecified atom stereocenters. The van der Waals surface area contributed by atoms with E-state index in [1.54, 1.807) is 22.2 Å². The average molecular weight is 406 g/mol. The summed E-state index contributed by atoms with van der Waals surface area (Å²) in [6, 6.07) is 5.14. The lowest BCUT2D eigenvalue weighted by molar-refractivity contribution is 0.0949. The van der Waals surface area contributed by atoms with Crippen LogP contribution in [0, 0.1) is 0 Å². The monoisotopic (exact) mass is 405 g/mol. The third-order valence-corrected chi connectivity index (χ3v) is 5.28. The molecule has 0 aliphatic heterocycles. The number of benzene rings is 1. The first kappa shape index (κ1) is 17.4. The molecule has 0 aliphatic carbocycles. The lowest BCUT2D eigenvalue weighted by Crippen LogP contribution is -2.30. The van der Waals surface area contributed by atoms with Crippen molar-refractivity contribution in [3.8, 4) is 0 Å². The molecule has 3 heterocycles. The summed E-state index contributed by atoms with van der Waals surface area (Å²) in [5.74, 6) is -0.503. The molecule has 12 heteroatoms. The zero-order valence-electron chi connectivity index (χ0n) is 13.9. The van der Waals surface area contributed by atoms with Crippen molar-refractivity contribution < 1.29 is 4.79 Å².